The number of carboxylic acids is 2. The Morgan fingerprint density at radius 1 is 0.929 bits per heavy atom. The second kappa shape index (κ2) is 20.8. The van der Waals surface area contributed by atoms with Gasteiger partial charge in [0.2, 0.25) is 17.7 Å². The quantitative estimate of drug-likeness (QED) is 0.0555. The predicted octanol–water partition coefficient (Wildman–Crippen LogP) is -3.19. The van der Waals surface area contributed by atoms with Crippen molar-refractivity contribution in [2.75, 3.05) is 6.61 Å². The summed E-state index contributed by atoms with van der Waals surface area (Å²) in [6, 6.07) is 2.32. The topological polar surface area (TPSA) is 359 Å². The van der Waals surface area contributed by atoms with Gasteiger partial charge in [0.15, 0.2) is 12.3 Å². The Hall–Kier alpha value is -5.68. The van der Waals surface area contributed by atoms with Crippen LogP contribution in [0.15, 0.2) is 46.1 Å². The summed E-state index contributed by atoms with van der Waals surface area (Å²) in [7, 11) is 0. The van der Waals surface area contributed by atoms with Gasteiger partial charge in [-0.1, -0.05) is 62.9 Å². The number of carbonyl (C=O) groups excluding carboxylic acids is 4. The van der Waals surface area contributed by atoms with Crippen LogP contribution in [0.4, 0.5) is 4.79 Å². The first-order chi connectivity index (χ1) is 26.5. The molecule has 1 aromatic heterocycles. The van der Waals surface area contributed by atoms with E-state index in [9.17, 15) is 69.0 Å². The standard InChI is InChI=1S/C34H46N6O16/c1-2-3-4-5-9-12-20(42)36-18(13-16-10-7-6-8-11-16)28(47)37-21(23(43)19(41)15-55-33(35)53)29(48)38-22(32(51)52)26-24(44)25(45)30(56-26)40-14-17(31(49)50)27(46)39-34(40)54/h6-8,10-11,14,18-19,21-26,30,41,43-45H,2-5,9,12-13,15H2,1H3,(H2,35,53)(H,36,42)(H,37,47)(H,38,48)(H,49,50)(H,51,52)(H,39,46,54). The maximum Gasteiger partial charge on any atom is 0.404 e. The van der Waals surface area contributed by atoms with Gasteiger partial charge >= 0.3 is 23.7 Å². The monoisotopic (exact) mass is 794 g/mol. The fourth-order valence-electron chi connectivity index (χ4n) is 5.81. The summed E-state index contributed by atoms with van der Waals surface area (Å²) in [5.74, 6) is -6.86. The molecule has 0 bridgehead atoms. The number of nitrogens with two attached hydrogens (primary N) is 1. The van der Waals surface area contributed by atoms with Crippen LogP contribution >= 0.6 is 0 Å². The number of H-pyrrole nitrogens is 1. The smallest absolute Gasteiger partial charge is 0.404 e. The number of aromatic nitrogens is 2. The fourth-order valence-corrected chi connectivity index (χ4v) is 5.81. The number of aromatic amines is 1. The molecule has 2 heterocycles. The summed E-state index contributed by atoms with van der Waals surface area (Å²) >= 11 is 0. The molecule has 56 heavy (non-hydrogen) atoms. The number of hydrogen-bond acceptors (Lipinski definition) is 14. The number of nitrogens with zero attached hydrogens (tertiary/aromatic N) is 1. The third-order valence-electron chi connectivity index (χ3n) is 8.79. The number of aliphatic carboxylic acids is 1. The van der Waals surface area contributed by atoms with Crippen LogP contribution in [0.3, 0.4) is 0 Å². The van der Waals surface area contributed by atoms with Gasteiger partial charge in [-0.3, -0.25) is 28.7 Å². The highest BCUT2D eigenvalue weighted by atomic mass is 16.6. The van der Waals surface area contributed by atoms with Crippen molar-refractivity contribution in [2.24, 2.45) is 5.73 Å². The molecule has 9 atom stereocenters. The molecule has 0 spiro atoms. The van der Waals surface area contributed by atoms with E-state index in [1.807, 2.05) is 12.2 Å². The van der Waals surface area contributed by atoms with Crippen molar-refractivity contribution in [3.8, 4) is 0 Å². The number of nitrogens with one attached hydrogen (secondary N) is 4. The second-order valence-corrected chi connectivity index (χ2v) is 13.0. The molecule has 1 aromatic carbocycles. The molecule has 22 heteroatoms. The van der Waals surface area contributed by atoms with E-state index in [0.29, 0.717) is 22.7 Å². The molecule has 1 aliphatic heterocycles. The van der Waals surface area contributed by atoms with Crippen LogP contribution in [0.1, 0.15) is 67.6 Å². The van der Waals surface area contributed by atoms with E-state index < -0.39 is 114 Å². The first-order valence-corrected chi connectivity index (χ1v) is 17.5. The number of ether oxygens (including phenoxy) is 2. The molecule has 12 N–H and O–H groups in total. The van der Waals surface area contributed by atoms with Crippen molar-refractivity contribution in [2.45, 2.75) is 107 Å². The zero-order valence-corrected chi connectivity index (χ0v) is 30.1. The number of amides is 4. The van der Waals surface area contributed by atoms with Gasteiger partial charge in [0.1, 0.15) is 54.8 Å². The van der Waals surface area contributed by atoms with E-state index in [1.54, 1.807) is 35.3 Å². The minimum absolute atomic E-state index is 0.0532. The largest absolute Gasteiger partial charge is 0.480 e. The Bertz CT molecular complexity index is 1820. The fraction of sp³-hybridized carbons (Fsp3) is 0.529. The molecule has 308 valence electrons. The molecule has 1 saturated heterocycles. The molecule has 0 radical (unpaired) electrons. The van der Waals surface area contributed by atoms with Crippen LogP contribution in [-0.4, -0.2) is 131 Å². The Balaban J connectivity index is 1.92. The van der Waals surface area contributed by atoms with Gasteiger partial charge in [-0.15, -0.1) is 0 Å². The third kappa shape index (κ3) is 12.2. The minimum Gasteiger partial charge on any atom is -0.480 e. The summed E-state index contributed by atoms with van der Waals surface area (Å²) in [5.41, 5.74) is 1.87. The predicted molar refractivity (Wildman–Crippen MR) is 189 cm³/mol. The van der Waals surface area contributed by atoms with Gasteiger partial charge in [0, 0.05) is 19.0 Å². The third-order valence-corrected chi connectivity index (χ3v) is 8.79. The van der Waals surface area contributed by atoms with Crippen LogP contribution in [0.5, 0.6) is 0 Å². The molecule has 4 amide bonds. The highest BCUT2D eigenvalue weighted by Gasteiger charge is 2.51. The number of primary amides is 1. The lowest BCUT2D eigenvalue weighted by Crippen LogP contribution is -2.64. The van der Waals surface area contributed by atoms with E-state index in [0.717, 1.165) is 25.7 Å². The van der Waals surface area contributed by atoms with Crippen molar-refractivity contribution < 1.29 is 68.9 Å². The van der Waals surface area contributed by atoms with Gasteiger partial charge in [0.25, 0.3) is 5.56 Å². The van der Waals surface area contributed by atoms with Crippen LogP contribution < -0.4 is 32.9 Å². The van der Waals surface area contributed by atoms with Gasteiger partial charge in [-0.05, 0) is 12.0 Å². The molecule has 0 saturated carbocycles. The molecule has 2 aromatic rings. The van der Waals surface area contributed by atoms with E-state index in [4.69, 9.17) is 10.5 Å². The Morgan fingerprint density at radius 3 is 2.20 bits per heavy atom. The zero-order chi connectivity index (χ0) is 41.7. The Kier molecular flexibility index (Phi) is 16.6. The van der Waals surface area contributed by atoms with Gasteiger partial charge in [0.05, 0.1) is 0 Å². The normalized spacial score (nSPS) is 20.4. The highest BCUT2D eigenvalue weighted by molar-refractivity contribution is 5.94. The minimum atomic E-state index is -2.36. The maximum absolute atomic E-state index is 13.8. The number of aromatic carboxylic acids is 1. The Labute approximate surface area is 317 Å². The summed E-state index contributed by atoms with van der Waals surface area (Å²) in [6.07, 6.45) is -9.87. The zero-order valence-electron chi connectivity index (χ0n) is 30.1. The summed E-state index contributed by atoms with van der Waals surface area (Å²) in [6.45, 7) is 1.02. The van der Waals surface area contributed by atoms with Crippen molar-refractivity contribution in [3.63, 3.8) is 0 Å². The number of aliphatic hydroxyl groups excluding tert-OH is 4. The lowest BCUT2D eigenvalue weighted by atomic mass is 9.99. The molecule has 9 unspecified atom stereocenters. The van der Waals surface area contributed by atoms with Gasteiger partial charge < -0.3 is 61.8 Å². The van der Waals surface area contributed by atoms with Gasteiger partial charge in [-0.25, -0.2) is 19.2 Å². The number of benzene rings is 1. The summed E-state index contributed by atoms with van der Waals surface area (Å²) in [4.78, 5) is 102. The van der Waals surface area contributed by atoms with Crippen LogP contribution in [0.2, 0.25) is 0 Å². The average molecular weight is 795 g/mol. The second-order valence-electron chi connectivity index (χ2n) is 13.0. The van der Waals surface area contributed by atoms with Crippen LogP contribution in [0, 0.1) is 0 Å². The van der Waals surface area contributed by atoms with E-state index in [2.05, 4.69) is 15.4 Å². The highest BCUT2D eigenvalue weighted by Crippen LogP contribution is 2.30. The maximum atomic E-state index is 13.8. The molecule has 1 fully saturated rings. The van der Waals surface area contributed by atoms with Gasteiger partial charge in [-0.2, -0.15) is 0 Å². The van der Waals surface area contributed by atoms with E-state index in [1.165, 1.54) is 0 Å². The number of hydrogen-bond donors (Lipinski definition) is 11. The first kappa shape index (κ1) is 44.7. The number of rotatable bonds is 21. The number of aliphatic hydroxyl groups is 4. The molecular formula is C34H46N6O16. The number of carboxylic acid groups (broad SMARTS) is 2. The number of carbonyl (C=O) groups is 6. The lowest BCUT2D eigenvalue weighted by molar-refractivity contribution is -0.151. The molecule has 3 rings (SSSR count). The SMILES string of the molecule is CCCCCCCC(=O)NC(Cc1ccccc1)C(=O)NC(C(=O)NC(C(=O)O)C1OC(n2cc(C(=O)O)c(=O)[nH]c2=O)C(O)C1O)C(O)C(O)COC(N)=O. The van der Waals surface area contributed by atoms with Crippen molar-refractivity contribution >= 4 is 35.8 Å². The van der Waals surface area contributed by atoms with Crippen LogP contribution in [-0.2, 0) is 35.1 Å². The first-order valence-electron chi connectivity index (χ1n) is 17.5. The summed E-state index contributed by atoms with van der Waals surface area (Å²) in [5, 5.41) is 69.2. The Morgan fingerprint density at radius 2 is 1.59 bits per heavy atom. The number of unbranched alkanes of at least 4 members (excludes halogenated alkanes) is 4. The van der Waals surface area contributed by atoms with Crippen LogP contribution in [0.25, 0.3) is 0 Å². The molecule has 22 nitrogen and oxygen atoms in total. The van der Waals surface area contributed by atoms with E-state index >= 15 is 0 Å². The molecule has 0 aliphatic carbocycles. The van der Waals surface area contributed by atoms with Crippen molar-refractivity contribution in [1.82, 2.24) is 25.5 Å². The molecular weight excluding hydrogens is 748 g/mol. The van der Waals surface area contributed by atoms with Crippen molar-refractivity contribution in [3.05, 3.63) is 68.5 Å². The van der Waals surface area contributed by atoms with Crippen molar-refractivity contribution in [1.29, 1.82) is 0 Å². The van der Waals surface area contributed by atoms with E-state index in [-0.39, 0.29) is 12.8 Å². The summed E-state index contributed by atoms with van der Waals surface area (Å²) < 4.78 is 10.3. The lowest BCUT2D eigenvalue weighted by Gasteiger charge is -2.30. The molecule has 1 aliphatic rings. The average Bonchev–Trinajstić information content (AvgIpc) is 3.43.